The van der Waals surface area contributed by atoms with Crippen LogP contribution in [0.4, 0.5) is 10.5 Å². The molecule has 1 aromatic heterocycles. The number of hydrogen-bond acceptors (Lipinski definition) is 5. The minimum atomic E-state index is -0.499. The molecule has 0 atom stereocenters. The molecule has 5 rings (SSSR count). The SMILES string of the molecule is CC(C)OC(=O)Nc1ccc(-c2c(C#N)c3ccc(C(=O)N4CCN(C)CC4)cc3n2C2CCC2)cc1. The van der Waals surface area contributed by atoms with Crippen LogP contribution < -0.4 is 5.32 Å². The fourth-order valence-electron chi connectivity index (χ4n) is 5.13. The van der Waals surface area contributed by atoms with Crippen LogP contribution >= 0.6 is 0 Å². The number of carbonyl (C=O) groups is 2. The first-order valence-corrected chi connectivity index (χ1v) is 13.0. The Morgan fingerprint density at radius 3 is 2.35 bits per heavy atom. The molecule has 1 aliphatic carbocycles. The van der Waals surface area contributed by atoms with E-state index in [-0.39, 0.29) is 18.1 Å². The molecule has 2 aliphatic rings. The van der Waals surface area contributed by atoms with Crippen LogP contribution in [0.1, 0.15) is 55.1 Å². The van der Waals surface area contributed by atoms with Crippen molar-refractivity contribution < 1.29 is 14.3 Å². The molecule has 0 bridgehead atoms. The van der Waals surface area contributed by atoms with Gasteiger partial charge in [-0.25, -0.2) is 4.79 Å². The summed E-state index contributed by atoms with van der Waals surface area (Å²) in [5.41, 5.74) is 4.59. The van der Waals surface area contributed by atoms with Crippen LogP contribution in [0.5, 0.6) is 0 Å². The Bertz CT molecular complexity index is 1360. The molecule has 2 amide bonds. The monoisotopic (exact) mass is 499 g/mol. The molecular weight excluding hydrogens is 466 g/mol. The molecule has 1 saturated heterocycles. The van der Waals surface area contributed by atoms with Gasteiger partial charge in [-0.2, -0.15) is 5.26 Å². The number of anilines is 1. The molecule has 3 aromatic rings. The Hall–Kier alpha value is -3.83. The van der Waals surface area contributed by atoms with E-state index in [9.17, 15) is 14.9 Å². The number of rotatable bonds is 5. The summed E-state index contributed by atoms with van der Waals surface area (Å²) in [6, 6.07) is 16.0. The summed E-state index contributed by atoms with van der Waals surface area (Å²) in [6.07, 6.45) is 2.52. The van der Waals surface area contributed by atoms with Crippen molar-refractivity contribution in [1.29, 1.82) is 5.26 Å². The van der Waals surface area contributed by atoms with Gasteiger partial charge in [-0.15, -0.1) is 0 Å². The predicted octanol–water partition coefficient (Wildman–Crippen LogP) is 5.25. The molecule has 1 N–H and O–H groups in total. The lowest BCUT2D eigenvalue weighted by Gasteiger charge is -2.32. The predicted molar refractivity (Wildman–Crippen MR) is 144 cm³/mol. The summed E-state index contributed by atoms with van der Waals surface area (Å²) < 4.78 is 7.42. The molecule has 0 radical (unpaired) electrons. The van der Waals surface area contributed by atoms with Gasteiger partial charge in [-0.1, -0.05) is 18.2 Å². The molecule has 8 nitrogen and oxygen atoms in total. The first kappa shape index (κ1) is 24.8. The molecule has 0 spiro atoms. The van der Waals surface area contributed by atoms with Crippen molar-refractivity contribution in [3.8, 4) is 17.3 Å². The van der Waals surface area contributed by atoms with E-state index >= 15 is 0 Å². The Morgan fingerprint density at radius 1 is 1.05 bits per heavy atom. The zero-order valence-electron chi connectivity index (χ0n) is 21.7. The largest absolute Gasteiger partial charge is 0.447 e. The number of aromatic nitrogens is 1. The van der Waals surface area contributed by atoms with E-state index in [1.54, 1.807) is 13.8 Å². The average molecular weight is 500 g/mol. The number of carbonyl (C=O) groups excluding carboxylic acids is 2. The number of likely N-dealkylation sites (N-methyl/N-ethyl adjacent to an activating group) is 1. The standard InChI is InChI=1S/C29H33N5O3/c1-19(2)37-29(36)31-22-10-7-20(8-11-22)27-25(18-30)24-12-9-21(17-26(24)34(27)23-5-4-6-23)28(35)33-15-13-32(3)14-16-33/h7-12,17,19,23H,4-6,13-16H2,1-3H3,(H,31,36). The highest BCUT2D eigenvalue weighted by atomic mass is 16.6. The van der Waals surface area contributed by atoms with Gasteiger partial charge in [0.05, 0.1) is 22.9 Å². The number of ether oxygens (including phenoxy) is 1. The van der Waals surface area contributed by atoms with Crippen molar-refractivity contribution in [2.45, 2.75) is 45.3 Å². The van der Waals surface area contributed by atoms with E-state index in [1.807, 2.05) is 47.4 Å². The lowest BCUT2D eigenvalue weighted by Crippen LogP contribution is -2.47. The number of amides is 2. The third-order valence-corrected chi connectivity index (χ3v) is 7.34. The van der Waals surface area contributed by atoms with Crippen LogP contribution in [0, 0.1) is 11.3 Å². The van der Waals surface area contributed by atoms with Crippen LogP contribution in [-0.4, -0.2) is 65.7 Å². The number of nitrogens with zero attached hydrogens (tertiary/aromatic N) is 4. The van der Waals surface area contributed by atoms with Gasteiger partial charge in [-0.3, -0.25) is 10.1 Å². The number of hydrogen-bond donors (Lipinski definition) is 1. The molecule has 37 heavy (non-hydrogen) atoms. The van der Waals surface area contributed by atoms with E-state index in [0.29, 0.717) is 16.8 Å². The summed E-state index contributed by atoms with van der Waals surface area (Å²) in [7, 11) is 2.07. The van der Waals surface area contributed by atoms with Gasteiger partial charge in [0.15, 0.2) is 0 Å². The van der Waals surface area contributed by atoms with Gasteiger partial charge in [0.25, 0.3) is 5.91 Å². The highest BCUT2D eigenvalue weighted by Crippen LogP contribution is 2.43. The summed E-state index contributed by atoms with van der Waals surface area (Å²) in [6.45, 7) is 6.78. The van der Waals surface area contributed by atoms with Gasteiger partial charge >= 0.3 is 6.09 Å². The average Bonchev–Trinajstić information content (AvgIpc) is 3.16. The molecule has 192 valence electrons. The minimum Gasteiger partial charge on any atom is -0.447 e. The van der Waals surface area contributed by atoms with Crippen molar-refractivity contribution in [3.05, 3.63) is 53.6 Å². The maximum atomic E-state index is 13.3. The van der Waals surface area contributed by atoms with E-state index in [2.05, 4.69) is 27.9 Å². The van der Waals surface area contributed by atoms with Crippen molar-refractivity contribution in [1.82, 2.24) is 14.4 Å². The Kier molecular flexibility index (Phi) is 6.90. The second kappa shape index (κ2) is 10.3. The molecule has 2 aromatic carbocycles. The van der Waals surface area contributed by atoms with Gasteiger partial charge in [-0.05, 0) is 70.0 Å². The smallest absolute Gasteiger partial charge is 0.411 e. The number of nitrogens with one attached hydrogen (secondary N) is 1. The number of piperazine rings is 1. The number of nitriles is 1. The van der Waals surface area contributed by atoms with E-state index in [0.717, 1.165) is 67.6 Å². The molecule has 0 unspecified atom stereocenters. The zero-order valence-corrected chi connectivity index (χ0v) is 21.7. The first-order chi connectivity index (χ1) is 17.9. The zero-order chi connectivity index (χ0) is 26.1. The lowest BCUT2D eigenvalue weighted by atomic mass is 9.92. The van der Waals surface area contributed by atoms with E-state index in [4.69, 9.17) is 4.74 Å². The normalized spacial score (nSPS) is 16.5. The fraction of sp³-hybridized carbons (Fsp3) is 0.414. The highest BCUT2D eigenvalue weighted by Gasteiger charge is 2.29. The van der Waals surface area contributed by atoms with Gasteiger partial charge in [0, 0.05) is 48.9 Å². The van der Waals surface area contributed by atoms with Crippen LogP contribution in [0.15, 0.2) is 42.5 Å². The molecule has 1 aliphatic heterocycles. The Balaban J connectivity index is 1.53. The summed E-state index contributed by atoms with van der Waals surface area (Å²) in [4.78, 5) is 29.5. The maximum Gasteiger partial charge on any atom is 0.411 e. The maximum absolute atomic E-state index is 13.3. The summed E-state index contributed by atoms with van der Waals surface area (Å²) in [5.74, 6) is 0.0418. The number of benzene rings is 2. The van der Waals surface area contributed by atoms with E-state index < -0.39 is 6.09 Å². The lowest BCUT2D eigenvalue weighted by molar-refractivity contribution is 0.0664. The minimum absolute atomic E-state index is 0.0418. The fourth-order valence-corrected chi connectivity index (χ4v) is 5.13. The third-order valence-electron chi connectivity index (χ3n) is 7.34. The van der Waals surface area contributed by atoms with Crippen LogP contribution in [0.25, 0.3) is 22.2 Å². The Morgan fingerprint density at radius 2 is 1.76 bits per heavy atom. The van der Waals surface area contributed by atoms with E-state index in [1.165, 1.54) is 0 Å². The second-order valence-electron chi connectivity index (χ2n) is 10.3. The van der Waals surface area contributed by atoms with Gasteiger partial charge in [0.2, 0.25) is 0 Å². The van der Waals surface area contributed by atoms with Crippen LogP contribution in [0.2, 0.25) is 0 Å². The molecular formula is C29H33N5O3. The topological polar surface area (TPSA) is 90.6 Å². The van der Waals surface area contributed by atoms with Gasteiger partial charge < -0.3 is 19.1 Å². The molecule has 2 heterocycles. The first-order valence-electron chi connectivity index (χ1n) is 13.0. The molecule has 8 heteroatoms. The van der Waals surface area contributed by atoms with Crippen molar-refractivity contribution >= 4 is 28.6 Å². The summed E-state index contributed by atoms with van der Waals surface area (Å²) >= 11 is 0. The Labute approximate surface area is 217 Å². The van der Waals surface area contributed by atoms with Crippen molar-refractivity contribution in [2.24, 2.45) is 0 Å². The second-order valence-corrected chi connectivity index (χ2v) is 10.3. The van der Waals surface area contributed by atoms with Crippen LogP contribution in [-0.2, 0) is 4.74 Å². The molecule has 1 saturated carbocycles. The van der Waals surface area contributed by atoms with Crippen LogP contribution in [0.3, 0.4) is 0 Å². The molecule has 2 fully saturated rings. The van der Waals surface area contributed by atoms with Crippen molar-refractivity contribution in [2.75, 3.05) is 38.5 Å². The van der Waals surface area contributed by atoms with Crippen molar-refractivity contribution in [3.63, 3.8) is 0 Å². The highest BCUT2D eigenvalue weighted by molar-refractivity contribution is 6.01. The summed E-state index contributed by atoms with van der Waals surface area (Å²) in [5, 5.41) is 13.8. The number of fused-ring (bicyclic) bond motifs is 1. The van der Waals surface area contributed by atoms with Gasteiger partial charge in [0.1, 0.15) is 6.07 Å². The third kappa shape index (κ3) is 4.92. The quantitative estimate of drug-likeness (QED) is 0.518.